The zero-order chi connectivity index (χ0) is 9.42. The molecule has 2 aromatic rings. The van der Waals surface area contributed by atoms with Crippen molar-refractivity contribution in [3.8, 4) is 5.75 Å². The van der Waals surface area contributed by atoms with Gasteiger partial charge in [0.25, 0.3) is 0 Å². The Hall–Kier alpha value is -1.15. The first-order valence-electron chi connectivity index (χ1n) is 4.04. The number of aryl methyl sites for hydroxylation is 1. The summed E-state index contributed by atoms with van der Waals surface area (Å²) >= 11 is 5.85. The first-order chi connectivity index (χ1) is 6.22. The van der Waals surface area contributed by atoms with Gasteiger partial charge in [0.05, 0.1) is 12.6 Å². The summed E-state index contributed by atoms with van der Waals surface area (Å²) in [6.45, 7) is 2.01. The molecule has 0 bridgehead atoms. The zero-order valence-electron chi connectivity index (χ0n) is 7.52. The number of methoxy groups -OCH3 is 1. The standard InChI is InChI=1S/C10H10ClNO/c1-6-3-4-7-5-8(11)12-9(7)10(6)13-2/h3-5,12H,1-2H3. The van der Waals surface area contributed by atoms with E-state index in [1.807, 2.05) is 25.1 Å². The predicted octanol–water partition coefficient (Wildman–Crippen LogP) is 3.14. The fourth-order valence-corrected chi connectivity index (χ4v) is 1.72. The fourth-order valence-electron chi connectivity index (χ4n) is 1.51. The van der Waals surface area contributed by atoms with Crippen LogP contribution in [0.3, 0.4) is 0 Å². The van der Waals surface area contributed by atoms with Gasteiger partial charge in [-0.2, -0.15) is 0 Å². The molecule has 68 valence electrons. The largest absolute Gasteiger partial charge is 0.494 e. The van der Waals surface area contributed by atoms with Gasteiger partial charge in [-0.25, -0.2) is 0 Å². The highest BCUT2D eigenvalue weighted by Gasteiger charge is 2.06. The first-order valence-corrected chi connectivity index (χ1v) is 4.42. The van der Waals surface area contributed by atoms with Gasteiger partial charge in [0.2, 0.25) is 0 Å². The molecular weight excluding hydrogens is 186 g/mol. The van der Waals surface area contributed by atoms with Crippen molar-refractivity contribution in [2.24, 2.45) is 0 Å². The van der Waals surface area contributed by atoms with Crippen LogP contribution in [0, 0.1) is 6.92 Å². The third-order valence-electron chi connectivity index (χ3n) is 2.12. The minimum Gasteiger partial charge on any atom is -0.494 e. The van der Waals surface area contributed by atoms with E-state index in [1.165, 1.54) is 0 Å². The second-order valence-electron chi connectivity index (χ2n) is 3.00. The number of halogens is 1. The molecule has 0 saturated heterocycles. The van der Waals surface area contributed by atoms with Crippen molar-refractivity contribution in [3.05, 3.63) is 28.9 Å². The summed E-state index contributed by atoms with van der Waals surface area (Å²) in [6.07, 6.45) is 0. The van der Waals surface area contributed by atoms with Gasteiger partial charge in [0, 0.05) is 5.39 Å². The predicted molar refractivity (Wildman–Crippen MR) is 54.6 cm³/mol. The molecule has 0 atom stereocenters. The molecule has 0 unspecified atom stereocenters. The number of fused-ring (bicyclic) bond motifs is 1. The van der Waals surface area contributed by atoms with Crippen molar-refractivity contribution < 1.29 is 4.74 Å². The van der Waals surface area contributed by atoms with Gasteiger partial charge in [-0.15, -0.1) is 0 Å². The van der Waals surface area contributed by atoms with E-state index in [1.54, 1.807) is 7.11 Å². The average molecular weight is 196 g/mol. The molecule has 2 rings (SSSR count). The number of hydrogen-bond acceptors (Lipinski definition) is 1. The Morgan fingerprint density at radius 2 is 2.15 bits per heavy atom. The fraction of sp³-hybridized carbons (Fsp3) is 0.200. The van der Waals surface area contributed by atoms with Crippen LogP contribution in [-0.4, -0.2) is 12.1 Å². The van der Waals surface area contributed by atoms with Crippen LogP contribution >= 0.6 is 11.6 Å². The molecule has 2 nitrogen and oxygen atoms in total. The van der Waals surface area contributed by atoms with E-state index < -0.39 is 0 Å². The lowest BCUT2D eigenvalue weighted by Gasteiger charge is -2.04. The summed E-state index contributed by atoms with van der Waals surface area (Å²) < 4.78 is 5.28. The quantitative estimate of drug-likeness (QED) is 0.743. The topological polar surface area (TPSA) is 25.0 Å². The van der Waals surface area contributed by atoms with Crippen molar-refractivity contribution in [1.82, 2.24) is 4.98 Å². The average Bonchev–Trinajstić information content (AvgIpc) is 2.45. The lowest BCUT2D eigenvalue weighted by atomic mass is 10.1. The summed E-state index contributed by atoms with van der Waals surface area (Å²) in [5, 5.41) is 1.71. The summed E-state index contributed by atoms with van der Waals surface area (Å²) in [4.78, 5) is 3.06. The second-order valence-corrected chi connectivity index (χ2v) is 3.40. The smallest absolute Gasteiger partial charge is 0.145 e. The molecule has 0 fully saturated rings. The van der Waals surface area contributed by atoms with Gasteiger partial charge >= 0.3 is 0 Å². The van der Waals surface area contributed by atoms with E-state index >= 15 is 0 Å². The molecule has 1 aromatic carbocycles. The number of aromatic nitrogens is 1. The molecule has 13 heavy (non-hydrogen) atoms. The van der Waals surface area contributed by atoms with Crippen LogP contribution in [0.25, 0.3) is 10.9 Å². The monoisotopic (exact) mass is 195 g/mol. The number of rotatable bonds is 1. The van der Waals surface area contributed by atoms with Crippen molar-refractivity contribution in [2.75, 3.05) is 7.11 Å². The Morgan fingerprint density at radius 3 is 2.85 bits per heavy atom. The molecule has 0 aliphatic rings. The van der Waals surface area contributed by atoms with Gasteiger partial charge in [-0.05, 0) is 18.6 Å². The first kappa shape index (κ1) is 8.45. The van der Waals surface area contributed by atoms with Crippen LogP contribution in [0.15, 0.2) is 18.2 Å². The lowest BCUT2D eigenvalue weighted by molar-refractivity contribution is 0.416. The maximum Gasteiger partial charge on any atom is 0.145 e. The SMILES string of the molecule is COc1c(C)ccc2cc(Cl)[nH]c12. The number of benzene rings is 1. The van der Waals surface area contributed by atoms with Gasteiger partial charge in [-0.1, -0.05) is 23.7 Å². The Balaban J connectivity index is 2.82. The van der Waals surface area contributed by atoms with Crippen LogP contribution in [0.2, 0.25) is 5.15 Å². The number of ether oxygens (including phenoxy) is 1. The molecule has 0 amide bonds. The highest BCUT2D eigenvalue weighted by atomic mass is 35.5. The summed E-state index contributed by atoms with van der Waals surface area (Å²) in [6, 6.07) is 5.93. The Morgan fingerprint density at radius 1 is 1.38 bits per heavy atom. The van der Waals surface area contributed by atoms with E-state index in [0.717, 1.165) is 22.2 Å². The molecule has 0 aliphatic heterocycles. The third-order valence-corrected chi connectivity index (χ3v) is 2.32. The van der Waals surface area contributed by atoms with E-state index in [9.17, 15) is 0 Å². The maximum atomic E-state index is 5.85. The third kappa shape index (κ3) is 1.27. The maximum absolute atomic E-state index is 5.85. The van der Waals surface area contributed by atoms with Gasteiger partial charge in [0.1, 0.15) is 10.9 Å². The van der Waals surface area contributed by atoms with E-state index in [0.29, 0.717) is 5.15 Å². The second kappa shape index (κ2) is 2.96. The lowest BCUT2D eigenvalue weighted by Crippen LogP contribution is -1.87. The van der Waals surface area contributed by atoms with Crippen molar-refractivity contribution in [1.29, 1.82) is 0 Å². The molecule has 1 N–H and O–H groups in total. The normalized spacial score (nSPS) is 10.7. The van der Waals surface area contributed by atoms with Gasteiger partial charge in [0.15, 0.2) is 0 Å². The van der Waals surface area contributed by atoms with E-state index in [-0.39, 0.29) is 0 Å². The molecule has 1 aromatic heterocycles. The van der Waals surface area contributed by atoms with Crippen LogP contribution in [-0.2, 0) is 0 Å². The van der Waals surface area contributed by atoms with Crippen LogP contribution in [0.5, 0.6) is 5.75 Å². The summed E-state index contributed by atoms with van der Waals surface area (Å²) in [7, 11) is 1.66. The highest BCUT2D eigenvalue weighted by Crippen LogP contribution is 2.30. The summed E-state index contributed by atoms with van der Waals surface area (Å²) in [5.41, 5.74) is 2.07. The zero-order valence-corrected chi connectivity index (χ0v) is 8.27. The number of nitrogens with one attached hydrogen (secondary N) is 1. The molecule has 1 heterocycles. The summed E-state index contributed by atoms with van der Waals surface area (Å²) in [5.74, 6) is 0.865. The van der Waals surface area contributed by atoms with Crippen LogP contribution in [0.1, 0.15) is 5.56 Å². The number of H-pyrrole nitrogens is 1. The molecule has 3 heteroatoms. The molecular formula is C10H10ClNO. The Bertz CT molecular complexity index is 447. The van der Waals surface area contributed by atoms with E-state index in [4.69, 9.17) is 16.3 Å². The molecule has 0 aliphatic carbocycles. The van der Waals surface area contributed by atoms with Crippen molar-refractivity contribution in [2.45, 2.75) is 6.92 Å². The molecule has 0 spiro atoms. The molecule has 0 saturated carbocycles. The van der Waals surface area contributed by atoms with Gasteiger partial charge < -0.3 is 9.72 Å². The van der Waals surface area contributed by atoms with E-state index in [2.05, 4.69) is 4.98 Å². The molecule has 0 radical (unpaired) electrons. The van der Waals surface area contributed by atoms with Gasteiger partial charge in [-0.3, -0.25) is 0 Å². The van der Waals surface area contributed by atoms with Crippen molar-refractivity contribution in [3.63, 3.8) is 0 Å². The number of aromatic amines is 1. The van der Waals surface area contributed by atoms with Crippen molar-refractivity contribution >= 4 is 22.5 Å². The Labute approximate surface area is 81.5 Å². The van der Waals surface area contributed by atoms with Crippen LogP contribution < -0.4 is 4.74 Å². The minimum atomic E-state index is 0.638. The minimum absolute atomic E-state index is 0.638. The Kier molecular flexibility index (Phi) is 1.93. The number of hydrogen-bond donors (Lipinski definition) is 1. The highest BCUT2D eigenvalue weighted by molar-refractivity contribution is 6.30. The van der Waals surface area contributed by atoms with Crippen LogP contribution in [0.4, 0.5) is 0 Å².